The Morgan fingerprint density at radius 3 is 2.12 bits per heavy atom. The second-order valence-electron chi connectivity index (χ2n) is 6.48. The largest absolute Gasteiger partial charge is 0.492 e. The molecule has 3 rings (SSSR count). The topological polar surface area (TPSA) is 42.9 Å². The zero-order valence-electron chi connectivity index (χ0n) is 15.6. The second kappa shape index (κ2) is 9.62. The molecule has 0 fully saturated rings. The Bertz CT molecular complexity index is 880. The van der Waals surface area contributed by atoms with E-state index in [0.29, 0.717) is 18.8 Å². The average Bonchev–Trinajstić information content (AvgIpc) is 2.89. The second-order valence-corrected chi connectivity index (χ2v) is 6.48. The van der Waals surface area contributed by atoms with Crippen molar-refractivity contribution in [1.29, 1.82) is 5.41 Å². The van der Waals surface area contributed by atoms with E-state index in [9.17, 15) is 0 Å². The average molecular weight is 418 g/mol. The van der Waals surface area contributed by atoms with Gasteiger partial charge in [0.2, 0.25) is 5.62 Å². The molecule has 0 spiro atoms. The molecule has 2 aromatic carbocycles. The van der Waals surface area contributed by atoms with Crippen molar-refractivity contribution in [3.05, 3.63) is 59.7 Å². The van der Waals surface area contributed by atoms with Gasteiger partial charge in [-0.15, -0.1) is 17.0 Å². The lowest BCUT2D eigenvalue weighted by atomic mass is 10.2. The van der Waals surface area contributed by atoms with Gasteiger partial charge in [0.1, 0.15) is 12.4 Å². The number of aromatic nitrogens is 2. The maximum absolute atomic E-state index is 8.59. The molecule has 0 atom stereocenters. The Kier molecular flexibility index (Phi) is 7.51. The number of halogens is 1. The van der Waals surface area contributed by atoms with E-state index in [2.05, 4.69) is 47.2 Å². The number of hydrogen-bond donors (Lipinski definition) is 1. The summed E-state index contributed by atoms with van der Waals surface area (Å²) >= 11 is 0. The standard InChI is InChI=1S/C21H27N3O.BrH/c1-3-4-7-14-23-19-8-5-6-9-20(19)24(21(23)22)15-16-25-18-12-10-17(2)11-13-18;/h5-6,8-13,22H,3-4,7,14-16H2,1-2H3;1H. The minimum atomic E-state index is 0. The first-order chi connectivity index (χ1) is 12.2. The normalized spacial score (nSPS) is 10.7. The summed E-state index contributed by atoms with van der Waals surface area (Å²) in [4.78, 5) is 0. The van der Waals surface area contributed by atoms with Crippen molar-refractivity contribution < 1.29 is 4.74 Å². The number of nitrogens with one attached hydrogen (secondary N) is 1. The number of benzene rings is 2. The van der Waals surface area contributed by atoms with E-state index >= 15 is 0 Å². The predicted molar refractivity (Wildman–Crippen MR) is 112 cm³/mol. The molecule has 0 unspecified atom stereocenters. The van der Waals surface area contributed by atoms with Crippen molar-refractivity contribution in [1.82, 2.24) is 9.13 Å². The van der Waals surface area contributed by atoms with Crippen LogP contribution in [0, 0.1) is 12.3 Å². The number of unbranched alkanes of at least 4 members (excludes halogenated alkanes) is 2. The van der Waals surface area contributed by atoms with E-state index in [4.69, 9.17) is 10.1 Å². The maximum Gasteiger partial charge on any atom is 0.203 e. The zero-order valence-corrected chi connectivity index (χ0v) is 17.3. The summed E-state index contributed by atoms with van der Waals surface area (Å²) < 4.78 is 10.0. The van der Waals surface area contributed by atoms with E-state index < -0.39 is 0 Å². The lowest BCUT2D eigenvalue weighted by Gasteiger charge is -2.08. The van der Waals surface area contributed by atoms with Gasteiger partial charge in [-0.2, -0.15) is 0 Å². The molecule has 1 heterocycles. The fourth-order valence-corrected chi connectivity index (χ4v) is 3.16. The third kappa shape index (κ3) is 4.58. The van der Waals surface area contributed by atoms with E-state index in [1.807, 2.05) is 24.3 Å². The van der Waals surface area contributed by atoms with Gasteiger partial charge >= 0.3 is 0 Å². The molecule has 26 heavy (non-hydrogen) atoms. The molecule has 4 nitrogen and oxygen atoms in total. The summed E-state index contributed by atoms with van der Waals surface area (Å²) in [6.07, 6.45) is 3.50. The van der Waals surface area contributed by atoms with Crippen LogP contribution < -0.4 is 10.4 Å². The third-order valence-corrected chi connectivity index (χ3v) is 4.56. The predicted octanol–water partition coefficient (Wildman–Crippen LogP) is 5.08. The van der Waals surface area contributed by atoms with E-state index in [0.717, 1.165) is 29.7 Å². The highest BCUT2D eigenvalue weighted by Crippen LogP contribution is 2.15. The molecule has 0 radical (unpaired) electrons. The number of nitrogens with zero attached hydrogens (tertiary/aromatic N) is 2. The van der Waals surface area contributed by atoms with Crippen LogP contribution >= 0.6 is 17.0 Å². The molecule has 3 aromatic rings. The van der Waals surface area contributed by atoms with Crippen molar-refractivity contribution in [2.75, 3.05) is 6.61 Å². The molecule has 0 aliphatic rings. The molecule has 1 N–H and O–H groups in total. The summed E-state index contributed by atoms with van der Waals surface area (Å²) in [5, 5.41) is 8.59. The van der Waals surface area contributed by atoms with Crippen LogP contribution in [-0.2, 0) is 13.1 Å². The summed E-state index contributed by atoms with van der Waals surface area (Å²) in [5.41, 5.74) is 4.03. The van der Waals surface area contributed by atoms with Crippen molar-refractivity contribution in [3.8, 4) is 5.75 Å². The lowest BCUT2D eigenvalue weighted by molar-refractivity contribution is 0.296. The summed E-state index contributed by atoms with van der Waals surface area (Å²) in [7, 11) is 0. The van der Waals surface area contributed by atoms with Crippen molar-refractivity contribution in [2.45, 2.75) is 46.2 Å². The van der Waals surface area contributed by atoms with E-state index in [-0.39, 0.29) is 17.0 Å². The number of fused-ring (bicyclic) bond motifs is 1. The fraction of sp³-hybridized carbons (Fsp3) is 0.381. The summed E-state index contributed by atoms with van der Waals surface area (Å²) in [5.74, 6) is 0.879. The number of imidazole rings is 1. The molecular weight excluding hydrogens is 390 g/mol. The minimum Gasteiger partial charge on any atom is -0.492 e. The van der Waals surface area contributed by atoms with Gasteiger partial charge < -0.3 is 13.9 Å². The van der Waals surface area contributed by atoms with Gasteiger partial charge in [-0.05, 0) is 37.6 Å². The SMILES string of the molecule is Br.CCCCCn1c(=N)n(CCOc2ccc(C)cc2)c2ccccc21. The first-order valence-electron chi connectivity index (χ1n) is 9.13. The van der Waals surface area contributed by atoms with E-state index in [1.165, 1.54) is 18.4 Å². The molecule has 140 valence electrons. The quantitative estimate of drug-likeness (QED) is 0.510. The van der Waals surface area contributed by atoms with Crippen LogP contribution in [-0.4, -0.2) is 15.7 Å². The third-order valence-electron chi connectivity index (χ3n) is 4.56. The van der Waals surface area contributed by atoms with Gasteiger partial charge in [-0.1, -0.05) is 49.6 Å². The van der Waals surface area contributed by atoms with Gasteiger partial charge in [0.25, 0.3) is 0 Å². The van der Waals surface area contributed by atoms with Crippen LogP contribution in [0.3, 0.4) is 0 Å². The Labute approximate surface area is 165 Å². The molecule has 0 bridgehead atoms. The highest BCUT2D eigenvalue weighted by molar-refractivity contribution is 8.93. The van der Waals surface area contributed by atoms with Crippen LogP contribution in [0.4, 0.5) is 0 Å². The maximum atomic E-state index is 8.59. The van der Waals surface area contributed by atoms with Gasteiger partial charge in [0, 0.05) is 6.54 Å². The minimum absolute atomic E-state index is 0. The summed E-state index contributed by atoms with van der Waals surface area (Å²) in [6, 6.07) is 16.4. The number of hydrogen-bond acceptors (Lipinski definition) is 2. The molecule has 0 amide bonds. The molecular formula is C21H28BrN3O. The Morgan fingerprint density at radius 2 is 1.50 bits per heavy atom. The number of ether oxygens (including phenoxy) is 1. The Morgan fingerprint density at radius 1 is 0.885 bits per heavy atom. The van der Waals surface area contributed by atoms with E-state index in [1.54, 1.807) is 0 Å². The van der Waals surface area contributed by atoms with Crippen LogP contribution in [0.5, 0.6) is 5.75 Å². The molecule has 0 saturated carbocycles. The number of rotatable bonds is 8. The smallest absolute Gasteiger partial charge is 0.203 e. The van der Waals surface area contributed by atoms with Crippen LogP contribution in [0.15, 0.2) is 48.5 Å². The van der Waals surface area contributed by atoms with Crippen molar-refractivity contribution in [3.63, 3.8) is 0 Å². The van der Waals surface area contributed by atoms with Crippen LogP contribution in [0.1, 0.15) is 31.7 Å². The highest BCUT2D eigenvalue weighted by Gasteiger charge is 2.10. The first kappa shape index (κ1) is 20.3. The number of para-hydroxylation sites is 2. The van der Waals surface area contributed by atoms with Crippen LogP contribution in [0.2, 0.25) is 0 Å². The van der Waals surface area contributed by atoms with Crippen LogP contribution in [0.25, 0.3) is 11.0 Å². The summed E-state index contributed by atoms with van der Waals surface area (Å²) in [6.45, 7) is 6.41. The number of aryl methyl sites for hydroxylation is 2. The highest BCUT2D eigenvalue weighted by atomic mass is 79.9. The molecule has 0 aliphatic heterocycles. The monoisotopic (exact) mass is 417 g/mol. The fourth-order valence-electron chi connectivity index (χ4n) is 3.16. The zero-order chi connectivity index (χ0) is 17.6. The van der Waals surface area contributed by atoms with Gasteiger partial charge in [0.15, 0.2) is 0 Å². The van der Waals surface area contributed by atoms with Gasteiger partial charge in [-0.3, -0.25) is 5.41 Å². The van der Waals surface area contributed by atoms with Crippen molar-refractivity contribution in [2.24, 2.45) is 0 Å². The Balaban J connectivity index is 0.00000243. The molecule has 1 aromatic heterocycles. The molecule has 0 saturated heterocycles. The van der Waals surface area contributed by atoms with Gasteiger partial charge in [-0.25, -0.2) is 0 Å². The Hall–Kier alpha value is -2.01. The van der Waals surface area contributed by atoms with Crippen molar-refractivity contribution >= 4 is 28.0 Å². The van der Waals surface area contributed by atoms with Gasteiger partial charge in [0.05, 0.1) is 17.6 Å². The molecule has 0 aliphatic carbocycles. The lowest BCUT2D eigenvalue weighted by Crippen LogP contribution is -2.26. The first-order valence-corrected chi connectivity index (χ1v) is 9.13. The molecule has 5 heteroatoms.